The average Bonchev–Trinajstić information content (AvgIpc) is 2.46. The minimum absolute atomic E-state index is 0.216. The Hall–Kier alpha value is -2.37. The van der Waals surface area contributed by atoms with Crippen LogP contribution in [-0.4, -0.2) is 28.1 Å². The zero-order valence-corrected chi connectivity index (χ0v) is 11.7. The molecular formula is C14H18N4O2. The van der Waals surface area contributed by atoms with E-state index in [1.807, 2.05) is 37.3 Å². The second-order valence-electron chi connectivity index (χ2n) is 4.00. The number of nitrogens with one attached hydrogen (secondary N) is 1. The summed E-state index contributed by atoms with van der Waals surface area (Å²) in [6.45, 7) is 5.21. The molecule has 6 nitrogen and oxygen atoms in total. The molecule has 1 aromatic carbocycles. The maximum Gasteiger partial charge on any atom is 0.330 e. The van der Waals surface area contributed by atoms with Gasteiger partial charge in [0.2, 0.25) is 5.95 Å². The average molecular weight is 274 g/mol. The van der Waals surface area contributed by atoms with Gasteiger partial charge in [-0.05, 0) is 25.5 Å². The molecule has 0 aliphatic rings. The molecule has 0 spiro atoms. The summed E-state index contributed by atoms with van der Waals surface area (Å²) in [7, 11) is 0. The van der Waals surface area contributed by atoms with Crippen LogP contribution in [0.1, 0.15) is 20.3 Å². The van der Waals surface area contributed by atoms with Crippen LogP contribution in [0.3, 0.4) is 0 Å². The molecule has 1 heterocycles. The molecule has 2 rings (SSSR count). The maximum atomic E-state index is 5.60. The largest absolute Gasteiger partial charge is 0.464 e. The van der Waals surface area contributed by atoms with Crippen molar-refractivity contribution in [2.75, 3.05) is 18.5 Å². The van der Waals surface area contributed by atoms with Crippen molar-refractivity contribution in [3.05, 3.63) is 30.3 Å². The fraction of sp³-hybridized carbons (Fsp3) is 0.357. The van der Waals surface area contributed by atoms with E-state index in [1.54, 1.807) is 0 Å². The quantitative estimate of drug-likeness (QED) is 0.837. The van der Waals surface area contributed by atoms with E-state index in [2.05, 4.69) is 27.2 Å². The number of hydrogen-bond acceptors (Lipinski definition) is 6. The van der Waals surface area contributed by atoms with Crippen molar-refractivity contribution in [3.63, 3.8) is 0 Å². The lowest BCUT2D eigenvalue weighted by atomic mass is 10.3. The van der Waals surface area contributed by atoms with E-state index in [1.165, 1.54) is 0 Å². The van der Waals surface area contributed by atoms with Gasteiger partial charge in [-0.3, -0.25) is 0 Å². The highest BCUT2D eigenvalue weighted by molar-refractivity contribution is 5.30. The summed E-state index contributed by atoms with van der Waals surface area (Å²) in [4.78, 5) is 12.5. The lowest BCUT2D eigenvalue weighted by Gasteiger charge is -2.08. The Balaban J connectivity index is 2.19. The molecule has 0 fully saturated rings. The number of nitrogens with zero attached hydrogens (tertiary/aromatic N) is 3. The highest BCUT2D eigenvalue weighted by Gasteiger charge is 2.08. The summed E-state index contributed by atoms with van der Waals surface area (Å²) in [6.07, 6.45) is 0.977. The Kier molecular flexibility index (Phi) is 5.11. The summed E-state index contributed by atoms with van der Waals surface area (Å²) in [6, 6.07) is 9.83. The topological polar surface area (TPSA) is 69.2 Å². The minimum atomic E-state index is 0.216. The zero-order valence-electron chi connectivity index (χ0n) is 11.7. The van der Waals surface area contributed by atoms with Crippen LogP contribution in [0.5, 0.6) is 17.8 Å². The Morgan fingerprint density at radius 1 is 1.00 bits per heavy atom. The maximum absolute atomic E-state index is 5.60. The molecule has 0 radical (unpaired) electrons. The van der Waals surface area contributed by atoms with Crippen molar-refractivity contribution in [2.45, 2.75) is 20.3 Å². The minimum Gasteiger partial charge on any atom is -0.464 e. The van der Waals surface area contributed by atoms with Crippen molar-refractivity contribution in [1.29, 1.82) is 0 Å². The van der Waals surface area contributed by atoms with Crippen molar-refractivity contribution < 1.29 is 9.47 Å². The number of rotatable bonds is 7. The molecule has 0 unspecified atom stereocenters. The molecule has 0 bridgehead atoms. The molecule has 6 heteroatoms. The highest BCUT2D eigenvalue weighted by Crippen LogP contribution is 2.20. The van der Waals surface area contributed by atoms with E-state index in [0.717, 1.165) is 13.0 Å². The first-order valence-electron chi connectivity index (χ1n) is 6.67. The Labute approximate surface area is 118 Å². The predicted octanol–water partition coefficient (Wildman–Crippen LogP) is 2.88. The molecule has 0 aliphatic carbocycles. The van der Waals surface area contributed by atoms with Gasteiger partial charge in [-0.2, -0.15) is 9.97 Å². The summed E-state index contributed by atoms with van der Waals surface area (Å²) in [5.74, 6) is 1.12. The van der Waals surface area contributed by atoms with Gasteiger partial charge in [-0.1, -0.05) is 25.1 Å². The van der Waals surface area contributed by atoms with E-state index in [0.29, 0.717) is 18.3 Å². The zero-order chi connectivity index (χ0) is 14.2. The van der Waals surface area contributed by atoms with Crippen LogP contribution in [0.4, 0.5) is 5.95 Å². The first kappa shape index (κ1) is 14.0. The predicted molar refractivity (Wildman–Crippen MR) is 76.3 cm³/mol. The molecular weight excluding hydrogens is 256 g/mol. The first-order chi connectivity index (χ1) is 9.81. The molecule has 20 heavy (non-hydrogen) atoms. The summed E-state index contributed by atoms with van der Waals surface area (Å²) in [5, 5.41) is 3.10. The number of hydrogen-bond donors (Lipinski definition) is 1. The number of anilines is 1. The van der Waals surface area contributed by atoms with Crippen LogP contribution in [0.2, 0.25) is 0 Å². The fourth-order valence-corrected chi connectivity index (χ4v) is 1.49. The third kappa shape index (κ3) is 4.08. The van der Waals surface area contributed by atoms with E-state index in [4.69, 9.17) is 9.47 Å². The van der Waals surface area contributed by atoms with E-state index in [9.17, 15) is 0 Å². The van der Waals surface area contributed by atoms with Gasteiger partial charge in [-0.25, -0.2) is 0 Å². The molecule has 0 saturated heterocycles. The molecule has 2 aromatic rings. The number of aromatic nitrogens is 3. The molecule has 106 valence electrons. The van der Waals surface area contributed by atoms with Crippen LogP contribution in [-0.2, 0) is 0 Å². The second-order valence-corrected chi connectivity index (χ2v) is 4.00. The summed E-state index contributed by atoms with van der Waals surface area (Å²) >= 11 is 0. The van der Waals surface area contributed by atoms with Gasteiger partial charge in [0.05, 0.1) is 6.61 Å². The third-order valence-corrected chi connectivity index (χ3v) is 2.35. The SMILES string of the molecule is CCCNc1nc(OCC)nc(Oc2ccccc2)n1. The van der Waals surface area contributed by atoms with Gasteiger partial charge in [0.15, 0.2) is 0 Å². The van der Waals surface area contributed by atoms with Gasteiger partial charge in [0, 0.05) is 6.54 Å². The normalized spacial score (nSPS) is 10.1. The highest BCUT2D eigenvalue weighted by atomic mass is 16.5. The first-order valence-corrected chi connectivity index (χ1v) is 6.67. The van der Waals surface area contributed by atoms with Crippen molar-refractivity contribution >= 4 is 5.95 Å². The monoisotopic (exact) mass is 274 g/mol. The molecule has 0 saturated carbocycles. The third-order valence-electron chi connectivity index (χ3n) is 2.35. The van der Waals surface area contributed by atoms with Crippen LogP contribution >= 0.6 is 0 Å². The fourth-order valence-electron chi connectivity index (χ4n) is 1.49. The van der Waals surface area contributed by atoms with Gasteiger partial charge < -0.3 is 14.8 Å². The smallest absolute Gasteiger partial charge is 0.330 e. The number of para-hydroxylation sites is 1. The number of benzene rings is 1. The molecule has 1 aromatic heterocycles. The van der Waals surface area contributed by atoms with E-state index in [-0.39, 0.29) is 12.0 Å². The Morgan fingerprint density at radius 2 is 1.75 bits per heavy atom. The van der Waals surface area contributed by atoms with E-state index >= 15 is 0 Å². The van der Waals surface area contributed by atoms with Gasteiger partial charge >= 0.3 is 12.0 Å². The van der Waals surface area contributed by atoms with Crippen LogP contribution < -0.4 is 14.8 Å². The molecule has 0 atom stereocenters. The summed E-state index contributed by atoms with van der Waals surface area (Å²) < 4.78 is 10.9. The standard InChI is InChI=1S/C14H18N4O2/c1-3-10-15-12-16-13(19-4-2)18-14(17-12)20-11-8-6-5-7-9-11/h5-9H,3-4,10H2,1-2H3,(H,15,16,17,18). The lowest BCUT2D eigenvalue weighted by Crippen LogP contribution is -2.08. The van der Waals surface area contributed by atoms with Crippen molar-refractivity contribution in [3.8, 4) is 17.8 Å². The summed E-state index contributed by atoms with van der Waals surface area (Å²) in [5.41, 5.74) is 0. The lowest BCUT2D eigenvalue weighted by molar-refractivity contribution is 0.304. The Morgan fingerprint density at radius 3 is 2.45 bits per heavy atom. The van der Waals surface area contributed by atoms with Crippen LogP contribution in [0.25, 0.3) is 0 Å². The molecule has 0 amide bonds. The second kappa shape index (κ2) is 7.28. The van der Waals surface area contributed by atoms with Crippen LogP contribution in [0, 0.1) is 0 Å². The van der Waals surface area contributed by atoms with Crippen LogP contribution in [0.15, 0.2) is 30.3 Å². The van der Waals surface area contributed by atoms with Crippen molar-refractivity contribution in [1.82, 2.24) is 15.0 Å². The van der Waals surface area contributed by atoms with Gasteiger partial charge in [0.25, 0.3) is 0 Å². The number of ether oxygens (including phenoxy) is 2. The Bertz CT molecular complexity index is 534. The molecule has 1 N–H and O–H groups in total. The van der Waals surface area contributed by atoms with Gasteiger partial charge in [-0.15, -0.1) is 4.98 Å². The van der Waals surface area contributed by atoms with E-state index < -0.39 is 0 Å². The van der Waals surface area contributed by atoms with Crippen molar-refractivity contribution in [2.24, 2.45) is 0 Å². The van der Waals surface area contributed by atoms with Gasteiger partial charge in [0.1, 0.15) is 5.75 Å². The molecule has 0 aliphatic heterocycles.